The molecule has 1 saturated carbocycles. The third kappa shape index (κ3) is 4.46. The first-order chi connectivity index (χ1) is 9.56. The molecular formula is C17H25ClFN. The van der Waals surface area contributed by atoms with E-state index < -0.39 is 0 Å². The van der Waals surface area contributed by atoms with E-state index in [0.29, 0.717) is 22.9 Å². The lowest BCUT2D eigenvalue weighted by Gasteiger charge is -2.32. The largest absolute Gasteiger partial charge is 0.314 e. The summed E-state index contributed by atoms with van der Waals surface area (Å²) in [5.74, 6) is 1.13. The topological polar surface area (TPSA) is 12.0 Å². The van der Waals surface area contributed by atoms with Crippen molar-refractivity contribution in [2.75, 3.05) is 6.54 Å². The number of rotatable bonds is 5. The average molecular weight is 298 g/mol. The predicted octanol–water partition coefficient (Wildman–Crippen LogP) is 4.83. The molecule has 3 heteroatoms. The van der Waals surface area contributed by atoms with Crippen molar-refractivity contribution in [2.45, 2.75) is 52.0 Å². The van der Waals surface area contributed by atoms with Crippen LogP contribution in [0.25, 0.3) is 0 Å². The van der Waals surface area contributed by atoms with Gasteiger partial charge in [-0.15, -0.1) is 0 Å². The van der Waals surface area contributed by atoms with Gasteiger partial charge >= 0.3 is 0 Å². The fraction of sp³-hybridized carbons (Fsp3) is 0.647. The summed E-state index contributed by atoms with van der Waals surface area (Å²) in [4.78, 5) is 0. The van der Waals surface area contributed by atoms with Crippen LogP contribution in [-0.2, 0) is 6.42 Å². The molecule has 0 bridgehead atoms. The van der Waals surface area contributed by atoms with Crippen molar-refractivity contribution in [3.8, 4) is 0 Å². The van der Waals surface area contributed by atoms with Crippen LogP contribution in [0.15, 0.2) is 18.2 Å². The molecule has 0 spiro atoms. The Bertz CT molecular complexity index is 433. The summed E-state index contributed by atoms with van der Waals surface area (Å²) in [7, 11) is 0. The average Bonchev–Trinajstić information content (AvgIpc) is 2.41. The molecule has 1 aliphatic carbocycles. The number of halogens is 2. The Morgan fingerprint density at radius 3 is 2.60 bits per heavy atom. The van der Waals surface area contributed by atoms with E-state index in [9.17, 15) is 4.39 Å². The molecule has 0 saturated heterocycles. The van der Waals surface area contributed by atoms with Crippen molar-refractivity contribution in [2.24, 2.45) is 11.8 Å². The van der Waals surface area contributed by atoms with E-state index in [1.807, 2.05) is 6.07 Å². The molecule has 0 aliphatic heterocycles. The van der Waals surface area contributed by atoms with Gasteiger partial charge in [-0.2, -0.15) is 0 Å². The minimum Gasteiger partial charge on any atom is -0.314 e. The number of nitrogens with one attached hydrogen (secondary N) is 1. The highest BCUT2D eigenvalue weighted by atomic mass is 35.5. The van der Waals surface area contributed by atoms with Gasteiger partial charge in [-0.05, 0) is 55.3 Å². The van der Waals surface area contributed by atoms with E-state index in [0.717, 1.165) is 18.5 Å². The van der Waals surface area contributed by atoms with Gasteiger partial charge in [0.15, 0.2) is 0 Å². The Balaban J connectivity index is 2.00. The normalized spacial score (nSPS) is 23.2. The van der Waals surface area contributed by atoms with Crippen LogP contribution in [0.4, 0.5) is 4.39 Å². The minimum absolute atomic E-state index is 0.250. The first-order valence-corrected chi connectivity index (χ1v) is 8.11. The van der Waals surface area contributed by atoms with Crippen molar-refractivity contribution in [3.63, 3.8) is 0 Å². The molecule has 0 aromatic heterocycles. The molecule has 2 rings (SSSR count). The smallest absolute Gasteiger partial charge is 0.124 e. The summed E-state index contributed by atoms with van der Waals surface area (Å²) in [6, 6.07) is 5.33. The lowest BCUT2D eigenvalue weighted by molar-refractivity contribution is 0.224. The maximum absolute atomic E-state index is 13.1. The van der Waals surface area contributed by atoms with E-state index >= 15 is 0 Å². The molecule has 1 N–H and O–H groups in total. The lowest BCUT2D eigenvalue weighted by Crippen LogP contribution is -2.35. The van der Waals surface area contributed by atoms with E-state index in [4.69, 9.17) is 11.6 Å². The maximum atomic E-state index is 13.1. The molecule has 2 atom stereocenters. The Hall–Kier alpha value is -0.600. The van der Waals surface area contributed by atoms with E-state index in [1.165, 1.54) is 37.8 Å². The van der Waals surface area contributed by atoms with Crippen LogP contribution in [0, 0.1) is 17.7 Å². The lowest BCUT2D eigenvalue weighted by atomic mass is 9.76. The molecule has 1 fully saturated rings. The summed E-state index contributed by atoms with van der Waals surface area (Å²) in [5, 5.41) is 4.14. The highest BCUT2D eigenvalue weighted by Gasteiger charge is 2.25. The zero-order valence-electron chi connectivity index (χ0n) is 12.5. The molecule has 20 heavy (non-hydrogen) atoms. The van der Waals surface area contributed by atoms with Gasteiger partial charge < -0.3 is 5.32 Å². The Labute approximate surface area is 126 Å². The van der Waals surface area contributed by atoms with Crippen molar-refractivity contribution >= 4 is 11.6 Å². The van der Waals surface area contributed by atoms with Crippen LogP contribution < -0.4 is 5.32 Å². The van der Waals surface area contributed by atoms with Gasteiger partial charge in [0.1, 0.15) is 5.82 Å². The first kappa shape index (κ1) is 15.8. The van der Waals surface area contributed by atoms with Crippen LogP contribution in [0.5, 0.6) is 0 Å². The number of hydrogen-bond acceptors (Lipinski definition) is 1. The zero-order chi connectivity index (χ0) is 14.5. The van der Waals surface area contributed by atoms with Crippen molar-refractivity contribution < 1.29 is 4.39 Å². The maximum Gasteiger partial charge on any atom is 0.124 e. The molecule has 2 unspecified atom stereocenters. The third-order valence-corrected chi connectivity index (χ3v) is 4.70. The van der Waals surface area contributed by atoms with Gasteiger partial charge in [-0.1, -0.05) is 44.4 Å². The Morgan fingerprint density at radius 2 is 1.95 bits per heavy atom. The third-order valence-electron chi connectivity index (χ3n) is 4.35. The van der Waals surface area contributed by atoms with Crippen molar-refractivity contribution in [1.29, 1.82) is 0 Å². The van der Waals surface area contributed by atoms with E-state index in [-0.39, 0.29) is 5.82 Å². The fourth-order valence-corrected chi connectivity index (χ4v) is 3.42. The van der Waals surface area contributed by atoms with Crippen molar-refractivity contribution in [3.05, 3.63) is 34.6 Å². The van der Waals surface area contributed by atoms with Crippen LogP contribution >= 0.6 is 11.6 Å². The minimum atomic E-state index is -0.250. The molecule has 1 nitrogen and oxygen atoms in total. The highest BCUT2D eigenvalue weighted by molar-refractivity contribution is 6.31. The van der Waals surface area contributed by atoms with Crippen LogP contribution in [-0.4, -0.2) is 12.6 Å². The molecule has 112 valence electrons. The van der Waals surface area contributed by atoms with Gasteiger partial charge in [0.2, 0.25) is 0 Å². The fourth-order valence-electron chi connectivity index (χ4n) is 3.18. The molecule has 1 aromatic rings. The molecule has 0 heterocycles. The molecular weight excluding hydrogens is 273 g/mol. The summed E-state index contributed by atoms with van der Waals surface area (Å²) in [5.41, 5.74) is 1.09. The highest BCUT2D eigenvalue weighted by Crippen LogP contribution is 2.34. The summed E-state index contributed by atoms with van der Waals surface area (Å²) in [6.07, 6.45) is 6.17. The summed E-state index contributed by atoms with van der Waals surface area (Å²) in [6.45, 7) is 5.46. The van der Waals surface area contributed by atoms with Gasteiger partial charge in [0.25, 0.3) is 0 Å². The van der Waals surface area contributed by atoms with E-state index in [2.05, 4.69) is 19.2 Å². The zero-order valence-corrected chi connectivity index (χ0v) is 13.2. The number of benzene rings is 1. The predicted molar refractivity (Wildman–Crippen MR) is 83.7 cm³/mol. The first-order valence-electron chi connectivity index (χ1n) is 7.73. The van der Waals surface area contributed by atoms with Crippen LogP contribution in [0.2, 0.25) is 5.02 Å². The van der Waals surface area contributed by atoms with E-state index in [1.54, 1.807) is 0 Å². The van der Waals surface area contributed by atoms with Gasteiger partial charge in [-0.25, -0.2) is 4.39 Å². The van der Waals surface area contributed by atoms with Crippen LogP contribution in [0.1, 0.15) is 45.1 Å². The second-order valence-electron chi connectivity index (χ2n) is 6.31. The summed E-state index contributed by atoms with van der Waals surface area (Å²) < 4.78 is 13.1. The molecule has 0 amide bonds. The van der Waals surface area contributed by atoms with Gasteiger partial charge in [0, 0.05) is 11.1 Å². The molecule has 0 radical (unpaired) electrons. The quantitative estimate of drug-likeness (QED) is 0.821. The standard InChI is InChI=1S/C17H25ClFN/c1-12(2)20-11-15-6-4-3-5-13(15)9-14-7-8-16(19)10-17(14)18/h7-8,10,12-13,15,20H,3-6,9,11H2,1-2H3. The Morgan fingerprint density at radius 1 is 1.25 bits per heavy atom. The second-order valence-corrected chi connectivity index (χ2v) is 6.71. The van der Waals surface area contributed by atoms with Gasteiger partial charge in [-0.3, -0.25) is 0 Å². The Kier molecular flexibility index (Phi) is 5.86. The summed E-state index contributed by atoms with van der Waals surface area (Å²) >= 11 is 6.17. The monoisotopic (exact) mass is 297 g/mol. The van der Waals surface area contributed by atoms with Crippen LogP contribution in [0.3, 0.4) is 0 Å². The second kappa shape index (κ2) is 7.42. The molecule has 1 aromatic carbocycles. The molecule has 1 aliphatic rings. The number of hydrogen-bond donors (Lipinski definition) is 1. The SMILES string of the molecule is CC(C)NCC1CCCCC1Cc1ccc(F)cc1Cl. The van der Waals surface area contributed by atoms with Gasteiger partial charge in [0.05, 0.1) is 0 Å². The van der Waals surface area contributed by atoms with Crippen molar-refractivity contribution in [1.82, 2.24) is 5.32 Å².